The van der Waals surface area contributed by atoms with Crippen molar-refractivity contribution in [2.24, 2.45) is 16.7 Å². The van der Waals surface area contributed by atoms with Crippen molar-refractivity contribution < 1.29 is 4.74 Å². The van der Waals surface area contributed by atoms with E-state index in [0.717, 1.165) is 24.3 Å². The average Bonchev–Trinajstić information content (AvgIpc) is 2.93. The Morgan fingerprint density at radius 3 is 2.00 bits per heavy atom. The van der Waals surface area contributed by atoms with Gasteiger partial charge in [-0.2, -0.15) is 10.5 Å². The normalized spacial score (nSPS) is 29.4. The first kappa shape index (κ1) is 27.0. The lowest BCUT2D eigenvalue weighted by molar-refractivity contribution is -0.0409. The van der Waals surface area contributed by atoms with Crippen molar-refractivity contribution in [3.8, 4) is 17.9 Å². The fraction of sp³-hybridized carbons (Fsp3) is 0.758. The van der Waals surface area contributed by atoms with Crippen molar-refractivity contribution in [2.75, 3.05) is 6.61 Å². The number of nitrogens with zero attached hydrogens (tertiary/aromatic N) is 2. The molecular weight excluding hydrogens is 440 g/mol. The van der Waals surface area contributed by atoms with Crippen LogP contribution >= 0.6 is 0 Å². The van der Waals surface area contributed by atoms with Gasteiger partial charge in [-0.05, 0) is 99.5 Å². The Kier molecular flexibility index (Phi) is 9.39. The summed E-state index contributed by atoms with van der Waals surface area (Å²) in [5.41, 5.74) is 2.99. The molecule has 0 spiro atoms. The van der Waals surface area contributed by atoms with Gasteiger partial charge in [0.25, 0.3) is 0 Å². The van der Waals surface area contributed by atoms with Gasteiger partial charge in [0, 0.05) is 5.41 Å². The molecule has 3 nitrogen and oxygen atoms in total. The summed E-state index contributed by atoms with van der Waals surface area (Å²) in [7, 11) is 0. The molecule has 4 saturated carbocycles. The number of rotatable bonds is 12. The zero-order chi connectivity index (χ0) is 25.4. The van der Waals surface area contributed by atoms with Gasteiger partial charge in [0.05, 0.1) is 12.2 Å². The maximum absolute atomic E-state index is 10.1. The highest BCUT2D eigenvalue weighted by molar-refractivity contribution is 5.58. The number of fused-ring (bicyclic) bond motifs is 3. The van der Waals surface area contributed by atoms with Gasteiger partial charge in [0.15, 0.2) is 0 Å². The topological polar surface area (TPSA) is 56.8 Å². The van der Waals surface area contributed by atoms with Crippen molar-refractivity contribution in [1.29, 1.82) is 10.5 Å². The lowest BCUT2D eigenvalue weighted by atomic mass is 9.53. The fourth-order valence-corrected chi connectivity index (χ4v) is 7.65. The second kappa shape index (κ2) is 12.5. The molecule has 0 atom stereocenters. The summed E-state index contributed by atoms with van der Waals surface area (Å²) in [5.74, 6) is 1.87. The molecule has 0 saturated heterocycles. The van der Waals surface area contributed by atoms with Gasteiger partial charge in [-0.25, -0.2) is 0 Å². The number of hydrogen-bond donors (Lipinski definition) is 0. The summed E-state index contributed by atoms with van der Waals surface area (Å²) < 4.78 is 6.40. The molecule has 0 amide bonds. The van der Waals surface area contributed by atoms with Crippen molar-refractivity contribution >= 4 is 0 Å². The van der Waals surface area contributed by atoms with E-state index in [4.69, 9.17) is 4.74 Å². The molecule has 1 aromatic rings. The van der Waals surface area contributed by atoms with E-state index in [9.17, 15) is 10.5 Å². The maximum atomic E-state index is 10.1. The van der Waals surface area contributed by atoms with Gasteiger partial charge in [-0.15, -0.1) is 0 Å². The quantitative estimate of drug-likeness (QED) is 0.275. The third kappa shape index (κ3) is 6.10. The predicted octanol–water partition coefficient (Wildman–Crippen LogP) is 9.58. The highest BCUT2D eigenvalue weighted by atomic mass is 16.5. The standard InChI is InChI=1S/C33H48N2O/c1-3-5-7-9-26-10-12-27(13-11-26)28-14-15-31(30(24-35)29(28)23-34)36-25-33-20-17-32(18-21-33,19-22-33)16-8-6-4-2/h14-15,26-27H,3-13,16-22,25H2,1-2H3. The van der Waals surface area contributed by atoms with Crippen molar-refractivity contribution in [1.82, 2.24) is 0 Å². The van der Waals surface area contributed by atoms with Gasteiger partial charge in [-0.3, -0.25) is 0 Å². The minimum absolute atomic E-state index is 0.265. The third-order valence-corrected chi connectivity index (χ3v) is 10.3. The van der Waals surface area contributed by atoms with Crippen molar-refractivity contribution in [2.45, 2.75) is 135 Å². The van der Waals surface area contributed by atoms with Crippen LogP contribution in [0.2, 0.25) is 0 Å². The van der Waals surface area contributed by atoms with Gasteiger partial charge < -0.3 is 4.74 Å². The Hall–Kier alpha value is -2.00. The van der Waals surface area contributed by atoms with Crippen LogP contribution in [-0.2, 0) is 0 Å². The highest BCUT2D eigenvalue weighted by Gasteiger charge is 2.48. The number of nitriles is 2. The number of benzene rings is 1. The zero-order valence-electron chi connectivity index (χ0n) is 23.0. The Balaban J connectivity index is 1.37. The molecule has 0 aliphatic heterocycles. The Labute approximate surface area is 220 Å². The van der Waals surface area contributed by atoms with Crippen LogP contribution in [-0.4, -0.2) is 6.61 Å². The first-order chi connectivity index (χ1) is 17.6. The smallest absolute Gasteiger partial charge is 0.138 e. The van der Waals surface area contributed by atoms with E-state index in [1.54, 1.807) is 0 Å². The largest absolute Gasteiger partial charge is 0.492 e. The first-order valence-electron chi connectivity index (χ1n) is 15.2. The lowest BCUT2D eigenvalue weighted by Crippen LogP contribution is -2.44. The van der Waals surface area contributed by atoms with E-state index in [2.05, 4.69) is 32.1 Å². The molecule has 36 heavy (non-hydrogen) atoms. The van der Waals surface area contributed by atoms with Crippen molar-refractivity contribution in [3.05, 3.63) is 28.8 Å². The second-order valence-corrected chi connectivity index (χ2v) is 12.6. The number of unbranched alkanes of at least 4 members (excludes halogenated alkanes) is 4. The van der Waals surface area contributed by atoms with Crippen LogP contribution in [0.5, 0.6) is 5.75 Å². The van der Waals surface area contributed by atoms with E-state index < -0.39 is 0 Å². The van der Waals surface area contributed by atoms with Crippen molar-refractivity contribution in [3.63, 3.8) is 0 Å². The van der Waals surface area contributed by atoms with Crippen LogP contribution in [0.3, 0.4) is 0 Å². The van der Waals surface area contributed by atoms with Gasteiger partial charge in [-0.1, -0.05) is 64.9 Å². The van der Waals surface area contributed by atoms with E-state index in [0.29, 0.717) is 34.8 Å². The number of hydrogen-bond acceptors (Lipinski definition) is 3. The molecule has 3 heteroatoms. The monoisotopic (exact) mass is 488 g/mol. The van der Waals surface area contributed by atoms with E-state index in [1.807, 2.05) is 6.07 Å². The summed E-state index contributed by atoms with van der Waals surface area (Å²) in [6.07, 6.45) is 23.4. The average molecular weight is 489 g/mol. The SMILES string of the molecule is CCCCCC1CCC(c2ccc(OCC34CCC(CCCCC)(CC3)CC4)c(C#N)c2C#N)CC1. The van der Waals surface area contributed by atoms with Crippen LogP contribution < -0.4 is 4.74 Å². The molecule has 0 radical (unpaired) electrons. The summed E-state index contributed by atoms with van der Waals surface area (Å²) in [6.45, 7) is 5.26. The van der Waals surface area contributed by atoms with Gasteiger partial charge in [0.1, 0.15) is 23.5 Å². The van der Waals surface area contributed by atoms with Crippen LogP contribution in [0, 0.1) is 39.4 Å². The summed E-state index contributed by atoms with van der Waals surface area (Å²) in [5, 5.41) is 20.1. The number of ether oxygens (including phenoxy) is 1. The van der Waals surface area contributed by atoms with Crippen LogP contribution in [0.4, 0.5) is 0 Å². The van der Waals surface area contributed by atoms with E-state index >= 15 is 0 Å². The Bertz CT molecular complexity index is 919. The first-order valence-corrected chi connectivity index (χ1v) is 15.2. The van der Waals surface area contributed by atoms with E-state index in [-0.39, 0.29) is 5.41 Å². The molecule has 5 rings (SSSR count). The molecule has 1 aromatic carbocycles. The zero-order valence-corrected chi connectivity index (χ0v) is 23.0. The molecule has 0 heterocycles. The Morgan fingerprint density at radius 1 is 0.778 bits per heavy atom. The van der Waals surface area contributed by atoms with Gasteiger partial charge >= 0.3 is 0 Å². The minimum Gasteiger partial charge on any atom is -0.492 e. The molecule has 4 aliphatic carbocycles. The fourth-order valence-electron chi connectivity index (χ4n) is 7.65. The lowest BCUT2D eigenvalue weighted by Gasteiger charge is -2.53. The molecule has 196 valence electrons. The van der Waals surface area contributed by atoms with E-state index in [1.165, 1.54) is 103 Å². The Morgan fingerprint density at radius 2 is 1.39 bits per heavy atom. The summed E-state index contributed by atoms with van der Waals surface area (Å²) >= 11 is 0. The van der Waals surface area contributed by atoms with Crippen LogP contribution in [0.15, 0.2) is 12.1 Å². The second-order valence-electron chi connectivity index (χ2n) is 12.6. The molecule has 4 aliphatic rings. The van der Waals surface area contributed by atoms with Crippen LogP contribution in [0.25, 0.3) is 0 Å². The predicted molar refractivity (Wildman–Crippen MR) is 147 cm³/mol. The molecule has 2 bridgehead atoms. The molecule has 0 N–H and O–H groups in total. The molecule has 4 fully saturated rings. The van der Waals surface area contributed by atoms with Crippen LogP contribution in [0.1, 0.15) is 152 Å². The third-order valence-electron chi connectivity index (χ3n) is 10.3. The molecule has 0 unspecified atom stereocenters. The summed E-state index contributed by atoms with van der Waals surface area (Å²) in [6, 6.07) is 8.86. The summed E-state index contributed by atoms with van der Waals surface area (Å²) in [4.78, 5) is 0. The van der Waals surface area contributed by atoms with Gasteiger partial charge in [0.2, 0.25) is 0 Å². The molecule has 0 aromatic heterocycles. The minimum atomic E-state index is 0.265. The highest BCUT2D eigenvalue weighted by Crippen LogP contribution is 2.59. The molecular formula is C33H48N2O. The maximum Gasteiger partial charge on any atom is 0.138 e.